The summed E-state index contributed by atoms with van der Waals surface area (Å²) in [4.78, 5) is 0. The molecule has 40 heavy (non-hydrogen) atoms. The molecule has 6 aromatic carbocycles. The summed E-state index contributed by atoms with van der Waals surface area (Å²) in [6, 6.07) is 57.2. The van der Waals surface area contributed by atoms with Crippen molar-refractivity contribution in [3.63, 3.8) is 0 Å². The maximum absolute atomic E-state index is 9.31. The second-order valence-electron chi connectivity index (χ2n) is 10.1. The maximum Gasteiger partial charge on any atom is 0.179 e. The van der Waals surface area contributed by atoms with E-state index in [1.165, 1.54) is 40.9 Å². The van der Waals surface area contributed by atoms with Crippen molar-refractivity contribution >= 4 is 60.3 Å². The van der Waals surface area contributed by atoms with Crippen LogP contribution >= 0.6 is 11.3 Å². The van der Waals surface area contributed by atoms with Crippen molar-refractivity contribution in [1.82, 2.24) is 0 Å². The van der Waals surface area contributed by atoms with E-state index in [2.05, 4.69) is 146 Å². The molecule has 0 unspecified atom stereocenters. The molecule has 0 N–H and O–H groups in total. The molecule has 7 aromatic rings. The summed E-state index contributed by atoms with van der Waals surface area (Å²) in [6.07, 6.45) is 0. The third-order valence-electron chi connectivity index (χ3n) is 7.87. The molecule has 1 heterocycles. The van der Waals surface area contributed by atoms with Crippen LogP contribution in [0.1, 0.15) is 5.56 Å². The molecule has 0 saturated carbocycles. The lowest BCUT2D eigenvalue weighted by Crippen LogP contribution is -2.74. The third-order valence-corrected chi connectivity index (χ3v) is 13.8. The lowest BCUT2D eigenvalue weighted by molar-refractivity contribution is 1.48. The summed E-state index contributed by atoms with van der Waals surface area (Å²) in [5, 5.41) is 17.4. The predicted molar refractivity (Wildman–Crippen MR) is 173 cm³/mol. The van der Waals surface area contributed by atoms with Gasteiger partial charge in [-0.3, -0.25) is 0 Å². The zero-order valence-corrected chi connectivity index (χ0v) is 23.6. The molecule has 7 rings (SSSR count). The van der Waals surface area contributed by atoms with Crippen LogP contribution in [0.15, 0.2) is 152 Å². The number of benzene rings is 6. The van der Waals surface area contributed by atoms with E-state index in [1.54, 1.807) is 0 Å². The van der Waals surface area contributed by atoms with Gasteiger partial charge in [0, 0.05) is 20.2 Å². The fraction of sp³-hybridized carbons (Fsp3) is 0. The van der Waals surface area contributed by atoms with Crippen LogP contribution in [0.3, 0.4) is 0 Å². The standard InChI is InChI=1S/C37H25NSSi/c38-26-27-18-20-28(21-19-27)29-10-9-15-32(24-29)40(30-11-3-1-4-12-30,31-13-5-2-6-14-31)33-22-23-35-34-16-7-8-17-36(34)39-37(35)25-33/h1-25H. The molecular formula is C37H25NSSi. The molecule has 0 spiro atoms. The summed E-state index contributed by atoms with van der Waals surface area (Å²) in [7, 11) is -2.69. The van der Waals surface area contributed by atoms with Crippen LogP contribution in [-0.4, -0.2) is 8.07 Å². The molecule has 1 nitrogen and oxygen atoms in total. The van der Waals surface area contributed by atoms with Crippen LogP contribution in [-0.2, 0) is 0 Å². The Labute approximate surface area is 239 Å². The van der Waals surface area contributed by atoms with Crippen molar-refractivity contribution in [3.8, 4) is 17.2 Å². The Kier molecular flexibility index (Phi) is 6.13. The average Bonchev–Trinajstić information content (AvgIpc) is 3.41. The van der Waals surface area contributed by atoms with Crippen LogP contribution in [0, 0.1) is 11.3 Å². The Morgan fingerprint density at radius 3 is 1.75 bits per heavy atom. The van der Waals surface area contributed by atoms with E-state index in [0.29, 0.717) is 5.56 Å². The van der Waals surface area contributed by atoms with Gasteiger partial charge in [-0.1, -0.05) is 127 Å². The van der Waals surface area contributed by atoms with Crippen molar-refractivity contribution in [3.05, 3.63) is 157 Å². The summed E-state index contributed by atoms with van der Waals surface area (Å²) in [6.45, 7) is 0. The Morgan fingerprint density at radius 2 is 1.05 bits per heavy atom. The first kappa shape index (κ1) is 24.3. The highest BCUT2D eigenvalue weighted by Crippen LogP contribution is 2.33. The van der Waals surface area contributed by atoms with Crippen LogP contribution in [0.2, 0.25) is 0 Å². The molecule has 1 aromatic heterocycles. The molecule has 0 aliphatic heterocycles. The zero-order chi connectivity index (χ0) is 26.9. The molecule has 0 bridgehead atoms. The summed E-state index contributed by atoms with van der Waals surface area (Å²) in [5.41, 5.74) is 2.95. The van der Waals surface area contributed by atoms with Gasteiger partial charge in [0.1, 0.15) is 0 Å². The van der Waals surface area contributed by atoms with E-state index in [4.69, 9.17) is 0 Å². The van der Waals surface area contributed by atoms with Gasteiger partial charge < -0.3 is 0 Å². The van der Waals surface area contributed by atoms with Crippen molar-refractivity contribution < 1.29 is 0 Å². The monoisotopic (exact) mass is 543 g/mol. The number of nitrogens with zero attached hydrogens (tertiary/aromatic N) is 1. The molecule has 0 radical (unpaired) electrons. The fourth-order valence-corrected chi connectivity index (χ4v) is 12.1. The molecule has 0 fully saturated rings. The number of fused-ring (bicyclic) bond motifs is 3. The second-order valence-corrected chi connectivity index (χ2v) is 15.0. The minimum absolute atomic E-state index is 0.675. The van der Waals surface area contributed by atoms with E-state index in [0.717, 1.165) is 11.1 Å². The number of rotatable bonds is 5. The average molecular weight is 544 g/mol. The highest BCUT2D eigenvalue weighted by atomic mass is 32.1. The van der Waals surface area contributed by atoms with Crippen LogP contribution < -0.4 is 20.7 Å². The van der Waals surface area contributed by atoms with Crippen molar-refractivity contribution in [1.29, 1.82) is 5.26 Å². The van der Waals surface area contributed by atoms with Crippen molar-refractivity contribution in [2.75, 3.05) is 0 Å². The predicted octanol–water partition coefficient (Wildman–Crippen LogP) is 6.97. The van der Waals surface area contributed by atoms with Crippen molar-refractivity contribution in [2.45, 2.75) is 0 Å². The normalized spacial score (nSPS) is 11.5. The van der Waals surface area contributed by atoms with Crippen LogP contribution in [0.5, 0.6) is 0 Å². The van der Waals surface area contributed by atoms with E-state index in [-0.39, 0.29) is 0 Å². The van der Waals surface area contributed by atoms with Gasteiger partial charge in [0.05, 0.1) is 11.6 Å². The van der Waals surface area contributed by atoms with Gasteiger partial charge in [-0.2, -0.15) is 5.26 Å². The molecular weight excluding hydrogens is 519 g/mol. The first-order valence-corrected chi connectivity index (χ1v) is 16.2. The maximum atomic E-state index is 9.31. The number of thiophene rings is 1. The Bertz CT molecular complexity index is 1960. The zero-order valence-electron chi connectivity index (χ0n) is 21.8. The highest BCUT2D eigenvalue weighted by molar-refractivity contribution is 7.26. The Morgan fingerprint density at radius 1 is 0.450 bits per heavy atom. The van der Waals surface area contributed by atoms with E-state index >= 15 is 0 Å². The number of nitriles is 1. The van der Waals surface area contributed by atoms with Gasteiger partial charge in [-0.15, -0.1) is 11.3 Å². The number of hydrogen-bond donors (Lipinski definition) is 0. The first-order chi connectivity index (χ1) is 19.8. The molecule has 0 atom stereocenters. The van der Waals surface area contributed by atoms with Gasteiger partial charge in [0.2, 0.25) is 0 Å². The molecule has 0 aliphatic carbocycles. The minimum atomic E-state index is -2.69. The van der Waals surface area contributed by atoms with E-state index in [1.807, 2.05) is 23.5 Å². The molecule has 0 amide bonds. The lowest BCUT2D eigenvalue weighted by atomic mass is 10.0. The Balaban J connectivity index is 1.54. The fourth-order valence-electron chi connectivity index (χ4n) is 6.00. The quantitative estimate of drug-likeness (QED) is 0.170. The molecule has 0 saturated heterocycles. The smallest absolute Gasteiger partial charge is 0.179 e. The largest absolute Gasteiger partial charge is 0.192 e. The highest BCUT2D eigenvalue weighted by Gasteiger charge is 2.41. The molecule has 188 valence electrons. The summed E-state index contributed by atoms with van der Waals surface area (Å²) >= 11 is 1.88. The third kappa shape index (κ3) is 3.98. The molecule has 0 aliphatic rings. The van der Waals surface area contributed by atoms with Gasteiger partial charge in [-0.25, -0.2) is 0 Å². The SMILES string of the molecule is N#Cc1ccc(-c2cccc([Si](c3ccccc3)(c3ccccc3)c3ccc4c(c3)sc3ccccc34)c2)cc1. The van der Waals surface area contributed by atoms with Gasteiger partial charge >= 0.3 is 0 Å². The summed E-state index contributed by atoms with van der Waals surface area (Å²) < 4.78 is 2.65. The minimum Gasteiger partial charge on any atom is -0.192 e. The van der Waals surface area contributed by atoms with Crippen LogP contribution in [0.25, 0.3) is 31.3 Å². The van der Waals surface area contributed by atoms with E-state index in [9.17, 15) is 5.26 Å². The lowest BCUT2D eigenvalue weighted by Gasteiger charge is -2.34. The topological polar surface area (TPSA) is 23.8 Å². The number of hydrogen-bond acceptors (Lipinski definition) is 2. The van der Waals surface area contributed by atoms with Gasteiger partial charge in [0.15, 0.2) is 8.07 Å². The van der Waals surface area contributed by atoms with Crippen LogP contribution in [0.4, 0.5) is 0 Å². The molecule has 3 heteroatoms. The first-order valence-electron chi connectivity index (χ1n) is 13.4. The second kappa shape index (κ2) is 10.1. The summed E-state index contributed by atoms with van der Waals surface area (Å²) in [5.74, 6) is 0. The van der Waals surface area contributed by atoms with Crippen molar-refractivity contribution in [2.24, 2.45) is 0 Å². The van der Waals surface area contributed by atoms with E-state index < -0.39 is 8.07 Å². The Hall–Kier alpha value is -4.75. The van der Waals surface area contributed by atoms with Gasteiger partial charge in [-0.05, 0) is 56.1 Å². The van der Waals surface area contributed by atoms with Gasteiger partial charge in [0.25, 0.3) is 0 Å².